The molecular formula is C17H12F2N2OS. The molecule has 3 rings (SSSR count). The third kappa shape index (κ3) is 3.43. The van der Waals surface area contributed by atoms with Gasteiger partial charge in [-0.15, -0.1) is 11.3 Å². The van der Waals surface area contributed by atoms with E-state index < -0.39 is 11.6 Å². The number of halogens is 2. The number of hydrogen-bond donors (Lipinski definition) is 1. The summed E-state index contributed by atoms with van der Waals surface area (Å²) in [5.41, 5.74) is 2.05. The van der Waals surface area contributed by atoms with Crippen LogP contribution < -0.4 is 5.32 Å². The Morgan fingerprint density at radius 2 is 2.00 bits per heavy atom. The van der Waals surface area contributed by atoms with Crippen LogP contribution in [-0.2, 0) is 0 Å². The number of rotatable bonds is 3. The average molecular weight is 330 g/mol. The van der Waals surface area contributed by atoms with E-state index in [1.54, 1.807) is 23.6 Å². The second-order valence-electron chi connectivity index (χ2n) is 4.99. The zero-order valence-electron chi connectivity index (χ0n) is 12.1. The zero-order valence-corrected chi connectivity index (χ0v) is 13.0. The molecule has 0 aliphatic heterocycles. The van der Waals surface area contributed by atoms with E-state index in [0.29, 0.717) is 16.4 Å². The maximum atomic E-state index is 13.8. The van der Waals surface area contributed by atoms with Crippen molar-refractivity contribution in [3.05, 3.63) is 70.6 Å². The number of nitrogens with one attached hydrogen (secondary N) is 1. The number of carbonyl (C=O) groups is 1. The van der Waals surface area contributed by atoms with Gasteiger partial charge in [0.1, 0.15) is 11.6 Å². The molecule has 0 radical (unpaired) electrons. The highest BCUT2D eigenvalue weighted by Gasteiger charge is 2.13. The van der Waals surface area contributed by atoms with Crippen molar-refractivity contribution < 1.29 is 13.6 Å². The van der Waals surface area contributed by atoms with Crippen LogP contribution in [0.4, 0.5) is 13.9 Å². The summed E-state index contributed by atoms with van der Waals surface area (Å²) in [7, 11) is 0. The Bertz CT molecular complexity index is 877. The van der Waals surface area contributed by atoms with E-state index in [1.807, 2.05) is 13.0 Å². The summed E-state index contributed by atoms with van der Waals surface area (Å²) in [5.74, 6) is -1.62. The van der Waals surface area contributed by atoms with Gasteiger partial charge in [-0.25, -0.2) is 13.8 Å². The van der Waals surface area contributed by atoms with E-state index in [0.717, 1.165) is 11.6 Å². The smallest absolute Gasteiger partial charge is 0.257 e. The lowest BCUT2D eigenvalue weighted by Crippen LogP contribution is -2.11. The molecule has 0 saturated carbocycles. The molecule has 0 aliphatic carbocycles. The lowest BCUT2D eigenvalue weighted by atomic mass is 10.1. The topological polar surface area (TPSA) is 42.0 Å². The summed E-state index contributed by atoms with van der Waals surface area (Å²) < 4.78 is 26.7. The highest BCUT2D eigenvalue weighted by molar-refractivity contribution is 7.14. The minimum absolute atomic E-state index is 0.193. The average Bonchev–Trinajstić information content (AvgIpc) is 2.95. The Kier molecular flexibility index (Phi) is 4.16. The second kappa shape index (κ2) is 6.26. The van der Waals surface area contributed by atoms with E-state index in [1.165, 1.54) is 23.5 Å². The van der Waals surface area contributed by atoms with Crippen LogP contribution >= 0.6 is 11.3 Å². The van der Waals surface area contributed by atoms with Gasteiger partial charge >= 0.3 is 0 Å². The summed E-state index contributed by atoms with van der Waals surface area (Å²) >= 11 is 1.18. The fraction of sp³-hybridized carbons (Fsp3) is 0.0588. The molecule has 1 aromatic heterocycles. The Balaban J connectivity index is 1.81. The first kappa shape index (κ1) is 15.3. The highest BCUT2D eigenvalue weighted by Crippen LogP contribution is 2.27. The molecule has 3 nitrogen and oxygen atoms in total. The molecule has 0 unspecified atom stereocenters. The number of carbonyl (C=O) groups excluding carboxylic acids is 1. The number of hydrogen-bond acceptors (Lipinski definition) is 3. The van der Waals surface area contributed by atoms with Crippen LogP contribution in [0.2, 0.25) is 0 Å². The first-order chi connectivity index (χ1) is 11.0. The van der Waals surface area contributed by atoms with Gasteiger partial charge in [-0.1, -0.05) is 17.7 Å². The molecule has 0 atom stereocenters. The van der Waals surface area contributed by atoms with Gasteiger partial charge in [-0.05, 0) is 31.2 Å². The van der Waals surface area contributed by atoms with Crippen LogP contribution in [0.25, 0.3) is 11.3 Å². The molecule has 0 fully saturated rings. The van der Waals surface area contributed by atoms with Crippen molar-refractivity contribution in [1.29, 1.82) is 0 Å². The van der Waals surface area contributed by atoms with Crippen molar-refractivity contribution >= 4 is 22.4 Å². The molecule has 116 valence electrons. The third-order valence-corrected chi connectivity index (χ3v) is 3.97. The van der Waals surface area contributed by atoms with Gasteiger partial charge in [0.25, 0.3) is 5.91 Å². The number of anilines is 1. The monoisotopic (exact) mass is 330 g/mol. The number of amides is 1. The summed E-state index contributed by atoms with van der Waals surface area (Å²) in [6, 6.07) is 10.5. The van der Waals surface area contributed by atoms with Crippen molar-refractivity contribution in [3.8, 4) is 11.3 Å². The number of aryl methyl sites for hydroxylation is 1. The van der Waals surface area contributed by atoms with Crippen molar-refractivity contribution in [2.45, 2.75) is 6.92 Å². The molecule has 3 aromatic rings. The van der Waals surface area contributed by atoms with Crippen LogP contribution in [-0.4, -0.2) is 10.9 Å². The Morgan fingerprint density at radius 1 is 1.17 bits per heavy atom. The van der Waals surface area contributed by atoms with Gasteiger partial charge in [0, 0.05) is 22.6 Å². The Labute approximate surface area is 135 Å². The summed E-state index contributed by atoms with van der Waals surface area (Å²) in [5, 5.41) is 4.65. The maximum Gasteiger partial charge on any atom is 0.257 e. The van der Waals surface area contributed by atoms with Gasteiger partial charge in [0.15, 0.2) is 5.13 Å². The zero-order chi connectivity index (χ0) is 16.4. The molecule has 1 heterocycles. The number of nitrogens with zero attached hydrogens (tertiary/aromatic N) is 1. The molecular weight excluding hydrogens is 318 g/mol. The minimum atomic E-state index is -0.688. The van der Waals surface area contributed by atoms with Crippen molar-refractivity contribution in [3.63, 3.8) is 0 Å². The van der Waals surface area contributed by atoms with E-state index in [4.69, 9.17) is 0 Å². The fourth-order valence-corrected chi connectivity index (χ4v) is 2.81. The quantitative estimate of drug-likeness (QED) is 0.759. The normalized spacial score (nSPS) is 10.6. The van der Waals surface area contributed by atoms with Gasteiger partial charge in [-0.3, -0.25) is 10.1 Å². The molecule has 0 saturated heterocycles. The van der Waals surface area contributed by atoms with E-state index >= 15 is 0 Å². The van der Waals surface area contributed by atoms with Crippen LogP contribution in [0.15, 0.2) is 47.8 Å². The molecule has 23 heavy (non-hydrogen) atoms. The van der Waals surface area contributed by atoms with Crippen molar-refractivity contribution in [1.82, 2.24) is 4.98 Å². The van der Waals surface area contributed by atoms with Crippen molar-refractivity contribution in [2.75, 3.05) is 5.32 Å². The van der Waals surface area contributed by atoms with Crippen LogP contribution in [0, 0.1) is 18.6 Å². The summed E-state index contributed by atoms with van der Waals surface area (Å²) in [6.07, 6.45) is 0. The Morgan fingerprint density at radius 3 is 2.74 bits per heavy atom. The lowest BCUT2D eigenvalue weighted by molar-refractivity contribution is 0.102. The van der Waals surface area contributed by atoms with E-state index in [2.05, 4.69) is 10.3 Å². The van der Waals surface area contributed by atoms with E-state index in [-0.39, 0.29) is 11.5 Å². The first-order valence-corrected chi connectivity index (χ1v) is 7.70. The van der Waals surface area contributed by atoms with E-state index in [9.17, 15) is 13.6 Å². The number of thiazole rings is 1. The number of aromatic nitrogens is 1. The van der Waals surface area contributed by atoms with Gasteiger partial charge in [0.2, 0.25) is 0 Å². The SMILES string of the molecule is Cc1cccc(C(=O)Nc2nc(-c3ccc(F)cc3F)cs2)c1. The fourth-order valence-electron chi connectivity index (χ4n) is 2.11. The van der Waals surface area contributed by atoms with Gasteiger partial charge < -0.3 is 0 Å². The van der Waals surface area contributed by atoms with Gasteiger partial charge in [-0.2, -0.15) is 0 Å². The second-order valence-corrected chi connectivity index (χ2v) is 5.84. The minimum Gasteiger partial charge on any atom is -0.298 e. The molecule has 0 aliphatic rings. The summed E-state index contributed by atoms with van der Waals surface area (Å²) in [4.78, 5) is 16.3. The molecule has 1 amide bonds. The molecule has 1 N–H and O–H groups in total. The molecule has 0 spiro atoms. The number of benzene rings is 2. The predicted molar refractivity (Wildman–Crippen MR) is 86.6 cm³/mol. The van der Waals surface area contributed by atoms with Crippen LogP contribution in [0.3, 0.4) is 0 Å². The molecule has 6 heteroatoms. The largest absolute Gasteiger partial charge is 0.298 e. The third-order valence-electron chi connectivity index (χ3n) is 3.21. The van der Waals surface area contributed by atoms with Crippen molar-refractivity contribution in [2.24, 2.45) is 0 Å². The lowest BCUT2D eigenvalue weighted by Gasteiger charge is -2.02. The van der Waals surface area contributed by atoms with Crippen LogP contribution in [0.5, 0.6) is 0 Å². The first-order valence-electron chi connectivity index (χ1n) is 6.82. The highest BCUT2D eigenvalue weighted by atomic mass is 32.1. The summed E-state index contributed by atoms with van der Waals surface area (Å²) in [6.45, 7) is 1.90. The maximum absolute atomic E-state index is 13.8. The van der Waals surface area contributed by atoms with Crippen LogP contribution in [0.1, 0.15) is 15.9 Å². The Hall–Kier alpha value is -2.60. The molecule has 2 aromatic carbocycles. The van der Waals surface area contributed by atoms with Gasteiger partial charge in [0.05, 0.1) is 5.69 Å². The predicted octanol–water partition coefficient (Wildman–Crippen LogP) is 4.65. The molecule has 0 bridgehead atoms. The standard InChI is InChI=1S/C17H12F2N2OS/c1-10-3-2-4-11(7-10)16(22)21-17-20-15(9-23-17)13-6-5-12(18)8-14(13)19/h2-9H,1H3,(H,20,21,22).